The lowest BCUT2D eigenvalue weighted by atomic mass is 9.57. The number of carbonyl (C=O) groups excluding carboxylic acids is 4. The monoisotopic (exact) mass is 507 g/mol. The van der Waals surface area contributed by atoms with Gasteiger partial charge in [-0.05, 0) is 48.9 Å². The molecule has 0 saturated heterocycles. The van der Waals surface area contributed by atoms with Crippen LogP contribution in [0.3, 0.4) is 0 Å². The maximum absolute atomic E-state index is 13.8. The van der Waals surface area contributed by atoms with Crippen LogP contribution in [0.15, 0.2) is 41.8 Å². The van der Waals surface area contributed by atoms with Gasteiger partial charge >= 0.3 is 0 Å². The van der Waals surface area contributed by atoms with E-state index in [4.69, 9.17) is 5.73 Å². The number of carbonyl (C=O) groups is 4. The summed E-state index contributed by atoms with van der Waals surface area (Å²) >= 11 is 0. The molecular weight excluding hydrogens is 482 g/mol. The molecule has 3 aliphatic carbocycles. The Bertz CT molecular complexity index is 1400. The van der Waals surface area contributed by atoms with Crippen molar-refractivity contribution >= 4 is 29.1 Å². The number of Topliss-reactive ketones (excluding diaryl/α,β-unsaturated/α-hetero) is 2. The number of benzene rings is 1. The second-order valence-corrected chi connectivity index (χ2v) is 9.81. The molecule has 1 saturated carbocycles. The van der Waals surface area contributed by atoms with E-state index in [1.165, 1.54) is 13.0 Å². The fourth-order valence-corrected chi connectivity index (χ4v) is 6.03. The molecule has 11 nitrogen and oxygen atoms in total. The summed E-state index contributed by atoms with van der Waals surface area (Å²) in [5, 5.41) is 46.5. The van der Waals surface area contributed by atoms with Crippen molar-refractivity contribution in [2.75, 3.05) is 5.32 Å². The molecule has 37 heavy (non-hydrogen) atoms. The Morgan fingerprint density at radius 3 is 2.54 bits per heavy atom. The Kier molecular flexibility index (Phi) is 5.65. The Morgan fingerprint density at radius 1 is 1.19 bits per heavy atom. The number of aliphatic hydroxyl groups excluding tert-OH is 2. The van der Waals surface area contributed by atoms with Gasteiger partial charge in [0.05, 0.1) is 23.0 Å². The summed E-state index contributed by atoms with van der Waals surface area (Å²) in [6.07, 6.45) is 0.107. The number of phenolic OH excluding ortho intramolecular Hbond substituents is 1. The highest BCUT2D eigenvalue weighted by Gasteiger charge is 2.62. The molecule has 5 atom stereocenters. The van der Waals surface area contributed by atoms with Gasteiger partial charge in [-0.2, -0.15) is 0 Å². The van der Waals surface area contributed by atoms with Crippen LogP contribution in [0.1, 0.15) is 35.7 Å². The van der Waals surface area contributed by atoms with E-state index in [1.807, 2.05) is 0 Å². The molecule has 1 fully saturated rings. The topological polar surface area (TPSA) is 200 Å². The third-order valence-corrected chi connectivity index (χ3v) is 7.64. The van der Waals surface area contributed by atoms with E-state index in [9.17, 15) is 39.6 Å². The standard InChI is InChI=1S/C26H25N3O8/c1-10(30)29-16-9-13(15-4-2-3-5-28-15)14-7-11-6-12-8-17(31)20(25(27)36)24(35)26(12,37)23(34)18(11)22(33)19(14)21(16)32/h2-5,9,11-12,17,20,31-32,34,37H,6-8H2,1H3,(H2,27,36)(H,29,30)/t11-,12+,17?,20?,26+/m1/s1. The molecule has 0 bridgehead atoms. The zero-order valence-corrected chi connectivity index (χ0v) is 19.8. The number of rotatable bonds is 3. The lowest BCUT2D eigenvalue weighted by molar-refractivity contribution is -0.167. The summed E-state index contributed by atoms with van der Waals surface area (Å²) in [5.41, 5.74) is 3.58. The third-order valence-electron chi connectivity index (χ3n) is 7.64. The molecule has 1 heterocycles. The van der Waals surface area contributed by atoms with E-state index in [2.05, 4.69) is 10.3 Å². The number of allylic oxidation sites excluding steroid dienone is 1. The summed E-state index contributed by atoms with van der Waals surface area (Å²) in [7, 11) is 0. The van der Waals surface area contributed by atoms with Crippen LogP contribution >= 0.6 is 0 Å². The number of nitrogens with one attached hydrogen (secondary N) is 1. The number of primary amides is 1. The van der Waals surface area contributed by atoms with Crippen LogP contribution in [0.25, 0.3) is 11.3 Å². The molecule has 192 valence electrons. The predicted molar refractivity (Wildman–Crippen MR) is 128 cm³/mol. The Morgan fingerprint density at radius 2 is 1.92 bits per heavy atom. The van der Waals surface area contributed by atoms with Crippen molar-refractivity contribution < 1.29 is 39.6 Å². The van der Waals surface area contributed by atoms with E-state index in [0.29, 0.717) is 16.8 Å². The molecule has 5 rings (SSSR count). The van der Waals surface area contributed by atoms with Crippen molar-refractivity contribution in [3.63, 3.8) is 0 Å². The van der Waals surface area contributed by atoms with E-state index in [-0.39, 0.29) is 36.1 Å². The minimum atomic E-state index is -2.59. The quantitative estimate of drug-likeness (QED) is 0.256. The van der Waals surface area contributed by atoms with E-state index in [1.54, 1.807) is 24.4 Å². The Hall–Kier alpha value is -4.09. The normalized spacial score (nSPS) is 28.7. The van der Waals surface area contributed by atoms with Crippen molar-refractivity contribution in [1.29, 1.82) is 0 Å². The second kappa shape index (κ2) is 8.49. The fourth-order valence-electron chi connectivity index (χ4n) is 6.03. The smallest absolute Gasteiger partial charge is 0.230 e. The lowest BCUT2D eigenvalue weighted by Gasteiger charge is -2.48. The predicted octanol–water partition coefficient (Wildman–Crippen LogP) is 0.766. The Balaban J connectivity index is 1.72. The summed E-state index contributed by atoms with van der Waals surface area (Å²) in [4.78, 5) is 54.9. The number of hydrogen-bond donors (Lipinski definition) is 6. The van der Waals surface area contributed by atoms with Crippen LogP contribution in [0.5, 0.6) is 5.75 Å². The minimum Gasteiger partial charge on any atom is -0.508 e. The zero-order valence-electron chi connectivity index (χ0n) is 19.8. The van der Waals surface area contributed by atoms with Gasteiger partial charge in [-0.3, -0.25) is 24.2 Å². The van der Waals surface area contributed by atoms with Crippen molar-refractivity contribution in [2.24, 2.45) is 23.5 Å². The van der Waals surface area contributed by atoms with Crippen molar-refractivity contribution in [3.8, 4) is 17.0 Å². The van der Waals surface area contributed by atoms with Crippen molar-refractivity contribution in [2.45, 2.75) is 37.9 Å². The van der Waals surface area contributed by atoms with Gasteiger partial charge in [0.1, 0.15) is 11.7 Å². The van der Waals surface area contributed by atoms with Crippen LogP contribution < -0.4 is 11.1 Å². The highest BCUT2D eigenvalue weighted by Crippen LogP contribution is 2.53. The first-order chi connectivity index (χ1) is 17.5. The number of anilines is 1. The molecule has 1 aromatic carbocycles. The van der Waals surface area contributed by atoms with Crippen LogP contribution in [-0.4, -0.2) is 60.5 Å². The molecule has 2 unspecified atom stereocenters. The van der Waals surface area contributed by atoms with Gasteiger partial charge in [-0.1, -0.05) is 6.07 Å². The number of ketones is 2. The molecule has 0 spiro atoms. The highest BCUT2D eigenvalue weighted by molar-refractivity contribution is 6.17. The number of aromatic hydroxyl groups is 1. The highest BCUT2D eigenvalue weighted by atomic mass is 16.3. The van der Waals surface area contributed by atoms with Gasteiger partial charge in [0.2, 0.25) is 11.8 Å². The summed E-state index contributed by atoms with van der Waals surface area (Å²) < 4.78 is 0. The number of fused-ring (bicyclic) bond motifs is 3. The first-order valence-electron chi connectivity index (χ1n) is 11.8. The molecule has 7 N–H and O–H groups in total. The number of phenols is 1. The average Bonchev–Trinajstić information content (AvgIpc) is 2.83. The number of hydrogen-bond acceptors (Lipinski definition) is 9. The molecule has 2 aromatic rings. The molecule has 11 heteroatoms. The number of nitrogens with two attached hydrogens (primary N) is 1. The number of amides is 2. The molecule has 0 aliphatic heterocycles. The zero-order chi connectivity index (χ0) is 26.8. The minimum absolute atomic E-state index is 0.0446. The molecule has 1 aromatic heterocycles. The molecular formula is C26H25N3O8. The number of pyridine rings is 1. The van der Waals surface area contributed by atoms with Gasteiger partial charge in [-0.25, -0.2) is 0 Å². The van der Waals surface area contributed by atoms with Gasteiger partial charge in [0.15, 0.2) is 22.9 Å². The van der Waals surface area contributed by atoms with Crippen LogP contribution in [0, 0.1) is 17.8 Å². The number of aromatic nitrogens is 1. The van der Waals surface area contributed by atoms with Crippen molar-refractivity contribution in [3.05, 3.63) is 52.9 Å². The molecule has 0 radical (unpaired) electrons. The maximum atomic E-state index is 13.8. The van der Waals surface area contributed by atoms with Crippen LogP contribution in [0.4, 0.5) is 5.69 Å². The summed E-state index contributed by atoms with van der Waals surface area (Å²) in [6.45, 7) is 1.24. The SMILES string of the molecule is CC(=O)Nc1cc(-c2ccccn2)c2c(c1O)C(=O)C1=C(O)[C@]3(O)C(=O)C(C(N)=O)C(O)C[C@@H]3C[C@@H]1C2. The van der Waals surface area contributed by atoms with Crippen molar-refractivity contribution in [1.82, 2.24) is 4.98 Å². The number of nitrogens with zero attached hydrogens (tertiary/aromatic N) is 1. The Labute approximate surface area is 210 Å². The summed E-state index contributed by atoms with van der Waals surface area (Å²) in [6, 6.07) is 6.68. The maximum Gasteiger partial charge on any atom is 0.230 e. The van der Waals surface area contributed by atoms with Gasteiger partial charge in [0, 0.05) is 30.2 Å². The second-order valence-electron chi connectivity index (χ2n) is 9.81. The lowest BCUT2D eigenvalue weighted by Crippen LogP contribution is -2.63. The van der Waals surface area contributed by atoms with E-state index in [0.717, 1.165) is 0 Å². The fraction of sp³-hybridized carbons (Fsp3) is 0.346. The van der Waals surface area contributed by atoms with Crippen LogP contribution in [0.2, 0.25) is 0 Å². The summed E-state index contributed by atoms with van der Waals surface area (Å²) in [5.74, 6) is -8.46. The molecule has 3 aliphatic rings. The largest absolute Gasteiger partial charge is 0.508 e. The molecule has 2 amide bonds. The first-order valence-corrected chi connectivity index (χ1v) is 11.8. The number of aliphatic hydroxyl groups is 3. The van der Waals surface area contributed by atoms with Gasteiger partial charge in [0.25, 0.3) is 0 Å². The van der Waals surface area contributed by atoms with Gasteiger partial charge in [-0.15, -0.1) is 0 Å². The average molecular weight is 507 g/mol. The van der Waals surface area contributed by atoms with E-state index < -0.39 is 64.3 Å². The van der Waals surface area contributed by atoms with E-state index >= 15 is 0 Å². The van der Waals surface area contributed by atoms with Gasteiger partial charge < -0.3 is 31.5 Å². The first kappa shape index (κ1) is 24.6. The third kappa shape index (κ3) is 3.53. The van der Waals surface area contributed by atoms with Crippen LogP contribution in [-0.2, 0) is 20.8 Å².